The van der Waals surface area contributed by atoms with Crippen molar-refractivity contribution in [3.8, 4) is 0 Å². The van der Waals surface area contributed by atoms with Crippen LogP contribution in [0.5, 0.6) is 0 Å². The second kappa shape index (κ2) is 13.1. The summed E-state index contributed by atoms with van der Waals surface area (Å²) < 4.78 is 4.85. The molecule has 23 heavy (non-hydrogen) atoms. The van der Waals surface area contributed by atoms with Crippen LogP contribution < -0.4 is 0 Å². The Balaban J connectivity index is 2.41. The molecule has 0 bridgehead atoms. The van der Waals surface area contributed by atoms with E-state index in [2.05, 4.69) is 9.78 Å². The average Bonchev–Trinajstić information content (AvgIpc) is 2.57. The molecule has 138 valence electrons. The quantitative estimate of drug-likeness (QED) is 0.296. The molecule has 1 atom stereocenters. The van der Waals surface area contributed by atoms with Gasteiger partial charge in [-0.3, -0.25) is 0 Å². The molecule has 0 unspecified atom stereocenters. The first-order valence-corrected chi connectivity index (χ1v) is 8.72. The molecule has 7 nitrogen and oxygen atoms in total. The molecule has 0 aromatic heterocycles. The first kappa shape index (κ1) is 20.8. The van der Waals surface area contributed by atoms with Gasteiger partial charge in [0.15, 0.2) is 6.29 Å². The van der Waals surface area contributed by atoms with Crippen molar-refractivity contribution in [2.75, 3.05) is 13.7 Å². The van der Waals surface area contributed by atoms with Gasteiger partial charge in [-0.05, 0) is 12.8 Å². The van der Waals surface area contributed by atoms with Gasteiger partial charge in [0.1, 0.15) is 0 Å². The second-order valence-corrected chi connectivity index (χ2v) is 6.15. The molecule has 1 fully saturated rings. The van der Waals surface area contributed by atoms with Gasteiger partial charge in [-0.25, -0.2) is 25.2 Å². The summed E-state index contributed by atoms with van der Waals surface area (Å²) in [5, 5.41) is 17.9. The fourth-order valence-electron chi connectivity index (χ4n) is 2.85. The van der Waals surface area contributed by atoms with Gasteiger partial charge in [0, 0.05) is 26.4 Å². The van der Waals surface area contributed by atoms with Gasteiger partial charge < -0.3 is 4.74 Å². The largest absolute Gasteiger partial charge is 0.353 e. The maximum atomic E-state index is 9.35. The predicted octanol–water partition coefficient (Wildman–Crippen LogP) is 4.28. The third kappa shape index (κ3) is 8.95. The lowest BCUT2D eigenvalue weighted by molar-refractivity contribution is -0.504. The van der Waals surface area contributed by atoms with Crippen LogP contribution in [0.1, 0.15) is 77.0 Å². The van der Waals surface area contributed by atoms with Gasteiger partial charge >= 0.3 is 0 Å². The summed E-state index contributed by atoms with van der Waals surface area (Å²) in [6, 6.07) is 0. The highest BCUT2D eigenvalue weighted by molar-refractivity contribution is 4.69. The van der Waals surface area contributed by atoms with Gasteiger partial charge in [0.25, 0.3) is 0 Å². The molecule has 1 aliphatic rings. The molecular weight excluding hydrogens is 304 g/mol. The summed E-state index contributed by atoms with van der Waals surface area (Å²) in [5.74, 6) is -1.11. The molecular formula is C16H32O7. The van der Waals surface area contributed by atoms with Crippen LogP contribution in [0.15, 0.2) is 0 Å². The normalized spacial score (nSPS) is 22.0. The maximum Gasteiger partial charge on any atom is 0.233 e. The molecule has 0 aliphatic heterocycles. The summed E-state index contributed by atoms with van der Waals surface area (Å²) in [4.78, 5) is 19.3. The van der Waals surface area contributed by atoms with Gasteiger partial charge in [0.2, 0.25) is 5.79 Å². The van der Waals surface area contributed by atoms with Crippen molar-refractivity contribution in [1.29, 1.82) is 0 Å². The van der Waals surface area contributed by atoms with Crippen molar-refractivity contribution in [2.45, 2.75) is 89.1 Å². The number of ether oxygens (including phenoxy) is 1. The molecule has 1 saturated carbocycles. The average molecular weight is 336 g/mol. The van der Waals surface area contributed by atoms with Crippen molar-refractivity contribution in [1.82, 2.24) is 0 Å². The third-order valence-corrected chi connectivity index (χ3v) is 4.31. The Hall–Kier alpha value is -0.280. The van der Waals surface area contributed by atoms with Gasteiger partial charge in [-0.15, -0.1) is 0 Å². The number of methoxy groups -OCH3 is 1. The summed E-state index contributed by atoms with van der Waals surface area (Å²) in [5.41, 5.74) is 0. The summed E-state index contributed by atoms with van der Waals surface area (Å²) in [6.07, 6.45) is 11.0. The van der Waals surface area contributed by atoms with Crippen molar-refractivity contribution in [3.63, 3.8) is 0 Å². The predicted molar refractivity (Wildman–Crippen MR) is 83.4 cm³/mol. The van der Waals surface area contributed by atoms with Crippen LogP contribution in [0.3, 0.4) is 0 Å². The minimum Gasteiger partial charge on any atom is -0.353 e. The van der Waals surface area contributed by atoms with E-state index in [1.54, 1.807) is 0 Å². The summed E-state index contributed by atoms with van der Waals surface area (Å²) >= 11 is 0. The first-order chi connectivity index (χ1) is 11.3. The fraction of sp³-hybridized carbons (Fsp3) is 1.00. The summed E-state index contributed by atoms with van der Waals surface area (Å²) in [6.45, 7) is 0.157. The zero-order chi connectivity index (χ0) is 16.8. The van der Waals surface area contributed by atoms with Crippen LogP contribution in [0.2, 0.25) is 0 Å². The van der Waals surface area contributed by atoms with E-state index in [9.17, 15) is 5.26 Å². The Kier molecular flexibility index (Phi) is 11.8. The van der Waals surface area contributed by atoms with E-state index >= 15 is 0 Å². The van der Waals surface area contributed by atoms with E-state index in [0.717, 1.165) is 25.7 Å². The van der Waals surface area contributed by atoms with E-state index in [0.29, 0.717) is 19.3 Å². The van der Waals surface area contributed by atoms with E-state index in [1.165, 1.54) is 39.2 Å². The molecule has 0 amide bonds. The fourth-order valence-corrected chi connectivity index (χ4v) is 2.85. The molecule has 0 aromatic carbocycles. The van der Waals surface area contributed by atoms with Gasteiger partial charge in [0.05, 0.1) is 6.61 Å². The maximum absolute atomic E-state index is 9.35. The van der Waals surface area contributed by atoms with Crippen LogP contribution in [-0.4, -0.2) is 36.3 Å². The Morgan fingerprint density at radius 3 is 1.83 bits per heavy atom. The highest BCUT2D eigenvalue weighted by atomic mass is 17.3. The van der Waals surface area contributed by atoms with Crippen LogP contribution in [-0.2, 0) is 24.3 Å². The standard InChI is InChI=1S/C16H32O7/c1-19-15(21-17)11-14-20-23-16(22-18)12-9-7-5-3-2-4-6-8-10-13-16/h15,17-18H,2-14H2,1H3/t15-/m0/s1. The van der Waals surface area contributed by atoms with Crippen molar-refractivity contribution < 1.29 is 34.8 Å². The highest BCUT2D eigenvalue weighted by Gasteiger charge is 2.34. The van der Waals surface area contributed by atoms with Crippen LogP contribution >= 0.6 is 0 Å². The third-order valence-electron chi connectivity index (χ3n) is 4.31. The van der Waals surface area contributed by atoms with Crippen molar-refractivity contribution in [2.24, 2.45) is 0 Å². The van der Waals surface area contributed by atoms with E-state index in [1.807, 2.05) is 0 Å². The lowest BCUT2D eigenvalue weighted by Gasteiger charge is -2.29. The summed E-state index contributed by atoms with van der Waals surface area (Å²) in [7, 11) is 1.42. The Morgan fingerprint density at radius 1 is 0.870 bits per heavy atom. The molecule has 0 radical (unpaired) electrons. The Bertz CT molecular complexity index is 259. The van der Waals surface area contributed by atoms with E-state index < -0.39 is 12.1 Å². The highest BCUT2D eigenvalue weighted by Crippen LogP contribution is 2.29. The minimum atomic E-state index is -1.11. The molecule has 0 saturated heterocycles. The minimum absolute atomic E-state index is 0.157. The molecule has 2 N–H and O–H groups in total. The van der Waals surface area contributed by atoms with E-state index in [-0.39, 0.29) is 6.61 Å². The van der Waals surface area contributed by atoms with Crippen LogP contribution in [0.4, 0.5) is 0 Å². The molecule has 7 heteroatoms. The van der Waals surface area contributed by atoms with Crippen LogP contribution in [0.25, 0.3) is 0 Å². The van der Waals surface area contributed by atoms with Gasteiger partial charge in [-0.2, -0.15) is 4.89 Å². The number of hydrogen-bond donors (Lipinski definition) is 2. The number of rotatable bonds is 8. The molecule has 0 heterocycles. The first-order valence-electron chi connectivity index (χ1n) is 8.72. The molecule has 0 aromatic rings. The zero-order valence-corrected chi connectivity index (χ0v) is 14.2. The Labute approximate surface area is 138 Å². The smallest absolute Gasteiger partial charge is 0.233 e. The van der Waals surface area contributed by atoms with Crippen LogP contribution in [0, 0.1) is 0 Å². The topological polar surface area (TPSA) is 86.6 Å². The Morgan fingerprint density at radius 2 is 1.39 bits per heavy atom. The van der Waals surface area contributed by atoms with Crippen molar-refractivity contribution in [3.05, 3.63) is 0 Å². The van der Waals surface area contributed by atoms with Crippen molar-refractivity contribution >= 4 is 0 Å². The molecule has 1 rings (SSSR count). The van der Waals surface area contributed by atoms with E-state index in [4.69, 9.17) is 19.8 Å². The molecule has 1 aliphatic carbocycles. The number of hydrogen-bond acceptors (Lipinski definition) is 7. The lowest BCUT2D eigenvalue weighted by Crippen LogP contribution is -2.36. The SMILES string of the molecule is CO[C@H](CCOOC1(OO)CCCCCCCCCCC1)OO. The zero-order valence-electron chi connectivity index (χ0n) is 14.2. The van der Waals surface area contributed by atoms with Gasteiger partial charge in [-0.1, -0.05) is 44.9 Å². The lowest BCUT2D eigenvalue weighted by atomic mass is 9.97. The monoisotopic (exact) mass is 336 g/mol. The molecule has 0 spiro atoms. The second-order valence-electron chi connectivity index (χ2n) is 6.15.